The summed E-state index contributed by atoms with van der Waals surface area (Å²) < 4.78 is 12.7. The van der Waals surface area contributed by atoms with Crippen LogP contribution in [0, 0.1) is 17.3 Å². The van der Waals surface area contributed by atoms with E-state index in [-0.39, 0.29) is 33.9 Å². The topological polar surface area (TPSA) is 72.8 Å². The summed E-state index contributed by atoms with van der Waals surface area (Å²) in [6.07, 6.45) is 4.11. The third kappa shape index (κ3) is 4.98. The molecule has 2 aliphatic rings. The van der Waals surface area contributed by atoms with E-state index in [0.717, 1.165) is 6.42 Å². The minimum Gasteiger partial charge on any atom is -0.408 e. The van der Waals surface area contributed by atoms with Crippen molar-refractivity contribution in [3.63, 3.8) is 0 Å². The van der Waals surface area contributed by atoms with Crippen molar-refractivity contribution in [1.82, 2.24) is 0 Å². The minimum absolute atomic E-state index is 0.0512. The smallest absolute Gasteiger partial charge is 0.212 e. The van der Waals surface area contributed by atoms with Crippen molar-refractivity contribution in [3.05, 3.63) is 12.2 Å². The maximum Gasteiger partial charge on any atom is 0.212 e. The molecule has 1 aliphatic carbocycles. The third-order valence-electron chi connectivity index (χ3n) is 7.79. The van der Waals surface area contributed by atoms with Gasteiger partial charge in [0.05, 0.1) is 0 Å². The fourth-order valence-corrected chi connectivity index (χ4v) is 5.74. The highest BCUT2D eigenvalue weighted by molar-refractivity contribution is 6.74. The molecule has 0 bridgehead atoms. The van der Waals surface area contributed by atoms with Crippen LogP contribution in [0.5, 0.6) is 0 Å². The van der Waals surface area contributed by atoms with Gasteiger partial charge in [0.25, 0.3) is 0 Å². The van der Waals surface area contributed by atoms with Crippen LogP contribution >= 0.6 is 0 Å². The van der Waals surface area contributed by atoms with Gasteiger partial charge >= 0.3 is 0 Å². The fraction of sp³-hybridized carbons (Fsp3) is 0.833. The van der Waals surface area contributed by atoms with Crippen LogP contribution in [0.4, 0.5) is 0 Å². The van der Waals surface area contributed by atoms with Gasteiger partial charge in [0.15, 0.2) is 14.1 Å². The lowest BCUT2D eigenvalue weighted by molar-refractivity contribution is -0.268. The van der Waals surface area contributed by atoms with E-state index in [1.54, 1.807) is 13.8 Å². The van der Waals surface area contributed by atoms with Crippen LogP contribution < -0.4 is 0 Å². The molecule has 0 aromatic carbocycles. The Labute approximate surface area is 183 Å². The number of hydrogen-bond acceptors (Lipinski definition) is 5. The van der Waals surface area contributed by atoms with Gasteiger partial charge in [-0.05, 0) is 68.3 Å². The second-order valence-corrected chi connectivity index (χ2v) is 16.8. The summed E-state index contributed by atoms with van der Waals surface area (Å²) >= 11 is 0. The SMILES string of the molecule is C[C@@H]1C(=O)CCC(C)(C)[C@H]1CC(O[Si](C)(C)C(C)(C)C)C1(O)C=CC(=O)C(C)(C)O1. The van der Waals surface area contributed by atoms with Gasteiger partial charge in [0.2, 0.25) is 5.79 Å². The molecule has 30 heavy (non-hydrogen) atoms. The second-order valence-electron chi connectivity index (χ2n) is 12.0. The summed E-state index contributed by atoms with van der Waals surface area (Å²) in [5.41, 5.74) is -1.19. The molecule has 1 aliphatic heterocycles. The zero-order valence-electron chi connectivity index (χ0n) is 20.6. The Morgan fingerprint density at radius 1 is 1.23 bits per heavy atom. The average Bonchev–Trinajstić information content (AvgIpc) is 2.56. The van der Waals surface area contributed by atoms with Crippen LogP contribution in [-0.4, -0.2) is 42.5 Å². The first-order valence-corrected chi connectivity index (χ1v) is 14.1. The molecule has 172 valence electrons. The van der Waals surface area contributed by atoms with Gasteiger partial charge in [-0.1, -0.05) is 41.5 Å². The summed E-state index contributed by atoms with van der Waals surface area (Å²) in [7, 11) is -2.28. The van der Waals surface area contributed by atoms with Gasteiger partial charge in [-0.25, -0.2) is 0 Å². The Morgan fingerprint density at radius 2 is 1.80 bits per heavy atom. The lowest BCUT2D eigenvalue weighted by Gasteiger charge is -2.50. The molecular formula is C24H42O5Si. The summed E-state index contributed by atoms with van der Waals surface area (Å²) in [6, 6.07) is 0. The quantitative estimate of drug-likeness (QED) is 0.609. The van der Waals surface area contributed by atoms with E-state index in [0.29, 0.717) is 12.8 Å². The standard InChI is InChI=1S/C24H42O5Si/c1-16-17(22(5,6)13-11-18(16)25)15-20(28-30(9,10)21(2,3)4)24(27)14-12-19(26)23(7,8)29-24/h12,14,16-17,20,27H,11,13,15H2,1-10H3/t16-,17-,20?,24?/m0/s1. The van der Waals surface area contributed by atoms with E-state index in [4.69, 9.17) is 9.16 Å². The molecule has 0 saturated heterocycles. The maximum atomic E-state index is 12.5. The summed E-state index contributed by atoms with van der Waals surface area (Å²) in [5, 5.41) is 11.6. The molecule has 0 aromatic rings. The molecular weight excluding hydrogens is 396 g/mol. The Kier molecular flexibility index (Phi) is 6.74. The van der Waals surface area contributed by atoms with Gasteiger partial charge < -0.3 is 14.3 Å². The molecule has 6 heteroatoms. The van der Waals surface area contributed by atoms with Crippen LogP contribution in [-0.2, 0) is 18.8 Å². The lowest BCUT2D eigenvalue weighted by atomic mass is 9.61. The third-order valence-corrected chi connectivity index (χ3v) is 12.3. The van der Waals surface area contributed by atoms with Crippen molar-refractivity contribution < 1.29 is 23.9 Å². The van der Waals surface area contributed by atoms with E-state index in [2.05, 4.69) is 47.7 Å². The zero-order chi connectivity index (χ0) is 23.3. The van der Waals surface area contributed by atoms with Gasteiger partial charge in [-0.3, -0.25) is 9.59 Å². The van der Waals surface area contributed by atoms with Crippen molar-refractivity contribution in [2.75, 3.05) is 0 Å². The van der Waals surface area contributed by atoms with Gasteiger partial charge in [-0.15, -0.1) is 0 Å². The Balaban J connectivity index is 2.48. The van der Waals surface area contributed by atoms with E-state index in [1.165, 1.54) is 12.2 Å². The lowest BCUT2D eigenvalue weighted by Crippen LogP contribution is -2.59. The van der Waals surface area contributed by atoms with Gasteiger partial charge in [-0.2, -0.15) is 0 Å². The molecule has 0 amide bonds. The molecule has 0 aromatic heterocycles. The summed E-state index contributed by atoms with van der Waals surface area (Å²) in [6.45, 7) is 20.5. The first-order valence-electron chi connectivity index (χ1n) is 11.2. The molecule has 1 heterocycles. The molecule has 1 saturated carbocycles. The van der Waals surface area contributed by atoms with Crippen molar-refractivity contribution >= 4 is 19.9 Å². The van der Waals surface area contributed by atoms with Crippen molar-refractivity contribution in [2.45, 2.75) is 110 Å². The van der Waals surface area contributed by atoms with E-state index in [1.807, 2.05) is 6.92 Å². The maximum absolute atomic E-state index is 12.5. The first kappa shape index (κ1) is 25.4. The number of hydrogen-bond donors (Lipinski definition) is 1. The number of Topliss-reactive ketones (excluding diaryl/α,β-unsaturated/α-hetero) is 1. The molecule has 2 rings (SSSR count). The van der Waals surface area contributed by atoms with Crippen LogP contribution in [0.2, 0.25) is 18.1 Å². The van der Waals surface area contributed by atoms with Crippen LogP contribution in [0.3, 0.4) is 0 Å². The molecule has 4 atom stereocenters. The molecule has 0 radical (unpaired) electrons. The monoisotopic (exact) mass is 438 g/mol. The van der Waals surface area contributed by atoms with E-state index in [9.17, 15) is 14.7 Å². The Hall–Kier alpha value is -0.823. The van der Waals surface area contributed by atoms with Crippen molar-refractivity contribution in [3.8, 4) is 0 Å². The largest absolute Gasteiger partial charge is 0.408 e. The van der Waals surface area contributed by atoms with E-state index < -0.39 is 25.8 Å². The number of rotatable bonds is 5. The highest BCUT2D eigenvalue weighted by Gasteiger charge is 2.53. The molecule has 5 nitrogen and oxygen atoms in total. The number of aliphatic hydroxyl groups is 1. The van der Waals surface area contributed by atoms with Gasteiger partial charge in [0, 0.05) is 12.3 Å². The molecule has 2 unspecified atom stereocenters. The van der Waals surface area contributed by atoms with Crippen LogP contribution in [0.25, 0.3) is 0 Å². The zero-order valence-corrected chi connectivity index (χ0v) is 21.6. The van der Waals surface area contributed by atoms with Crippen molar-refractivity contribution in [2.24, 2.45) is 17.3 Å². The first-order chi connectivity index (χ1) is 13.3. The predicted octanol–water partition coefficient (Wildman–Crippen LogP) is 5.03. The average molecular weight is 439 g/mol. The Bertz CT molecular complexity index is 716. The number of carbonyl (C=O) groups is 2. The van der Waals surface area contributed by atoms with Crippen LogP contribution in [0.1, 0.15) is 74.7 Å². The molecule has 1 fully saturated rings. The highest BCUT2D eigenvalue weighted by Crippen LogP contribution is 2.48. The summed E-state index contributed by atoms with van der Waals surface area (Å²) in [5.74, 6) is -1.68. The summed E-state index contributed by atoms with van der Waals surface area (Å²) in [4.78, 5) is 24.8. The number of ketones is 2. The number of ether oxygens (including phenoxy) is 1. The normalized spacial score (nSPS) is 32.9. The molecule has 1 N–H and O–H groups in total. The highest BCUT2D eigenvalue weighted by atomic mass is 28.4. The minimum atomic E-state index is -2.28. The molecule has 0 spiro atoms. The fourth-order valence-electron chi connectivity index (χ4n) is 4.41. The van der Waals surface area contributed by atoms with E-state index >= 15 is 0 Å². The van der Waals surface area contributed by atoms with Crippen molar-refractivity contribution in [1.29, 1.82) is 0 Å². The number of carbonyl (C=O) groups excluding carboxylic acids is 2. The Morgan fingerprint density at radius 3 is 2.30 bits per heavy atom. The predicted molar refractivity (Wildman–Crippen MR) is 122 cm³/mol. The van der Waals surface area contributed by atoms with Crippen LogP contribution in [0.15, 0.2) is 12.2 Å². The van der Waals surface area contributed by atoms with Gasteiger partial charge in [0.1, 0.15) is 17.5 Å². The second kappa shape index (κ2) is 7.95.